The number of anilines is 2. The number of hydrogen-bond donors (Lipinski definition) is 1. The molecule has 2 fully saturated rings. The third kappa shape index (κ3) is 4.54. The topological polar surface area (TPSA) is 57.6 Å². The molecule has 2 heterocycles. The predicted octanol–water partition coefficient (Wildman–Crippen LogP) is 4.18. The molecule has 1 saturated carbocycles. The van der Waals surface area contributed by atoms with Gasteiger partial charge in [0, 0.05) is 67.1 Å². The van der Waals surface area contributed by atoms with Crippen molar-refractivity contribution in [2.24, 2.45) is 5.92 Å². The second kappa shape index (κ2) is 8.91. The summed E-state index contributed by atoms with van der Waals surface area (Å²) in [6, 6.07) is 19.5. The summed E-state index contributed by atoms with van der Waals surface area (Å²) in [5.41, 5.74) is 3.54. The van der Waals surface area contributed by atoms with Crippen molar-refractivity contribution in [1.29, 1.82) is 0 Å². The Morgan fingerprint density at radius 2 is 1.47 bits per heavy atom. The maximum absolute atomic E-state index is 12.6. The molecule has 1 saturated heterocycles. The van der Waals surface area contributed by atoms with Crippen LogP contribution in [0.15, 0.2) is 73.1 Å². The van der Waals surface area contributed by atoms with E-state index in [0.29, 0.717) is 11.5 Å². The number of carbonyl (C=O) groups excluding carboxylic acids is 2. The van der Waals surface area contributed by atoms with E-state index in [4.69, 9.17) is 0 Å². The highest BCUT2D eigenvalue weighted by Gasteiger charge is 2.33. The van der Waals surface area contributed by atoms with Gasteiger partial charge in [0.05, 0.1) is 0 Å². The maximum atomic E-state index is 12.6. The molecule has 2 amide bonds. The summed E-state index contributed by atoms with van der Waals surface area (Å²) in [4.78, 5) is 29.4. The van der Waals surface area contributed by atoms with Gasteiger partial charge in [-0.05, 0) is 79.9 Å². The summed E-state index contributed by atoms with van der Waals surface area (Å²) in [6.07, 6.45) is 7.05. The molecule has 3 aromatic rings. The number of nitrogens with zero attached hydrogens (tertiary/aromatic N) is 3. The van der Waals surface area contributed by atoms with Crippen molar-refractivity contribution in [2.45, 2.75) is 19.3 Å². The number of nitrogens with one attached hydrogen (secondary N) is 1. The molecular weight excluding hydrogens is 400 g/mol. The molecule has 0 atom stereocenters. The fourth-order valence-electron chi connectivity index (χ4n) is 4.23. The zero-order valence-electron chi connectivity index (χ0n) is 18.1. The molecule has 0 spiro atoms. The smallest absolute Gasteiger partial charge is 0.255 e. The van der Waals surface area contributed by atoms with Crippen molar-refractivity contribution in [2.75, 3.05) is 36.4 Å². The predicted molar refractivity (Wildman–Crippen MR) is 126 cm³/mol. The Labute approximate surface area is 188 Å². The van der Waals surface area contributed by atoms with Crippen LogP contribution in [0.2, 0.25) is 0 Å². The number of rotatable bonds is 5. The van der Waals surface area contributed by atoms with Gasteiger partial charge < -0.3 is 19.7 Å². The first-order valence-electron chi connectivity index (χ1n) is 11.4. The highest BCUT2D eigenvalue weighted by Crippen LogP contribution is 2.31. The largest absolute Gasteiger partial charge is 0.370 e. The summed E-state index contributed by atoms with van der Waals surface area (Å²) in [6.45, 7) is 3.42. The molecule has 6 nitrogen and oxygen atoms in total. The van der Waals surface area contributed by atoms with Gasteiger partial charge in [-0.2, -0.15) is 0 Å². The molecule has 1 aromatic heterocycles. The Morgan fingerprint density at radius 3 is 2.16 bits per heavy atom. The fraction of sp³-hybridized carbons (Fsp3) is 0.308. The van der Waals surface area contributed by atoms with E-state index in [2.05, 4.69) is 10.2 Å². The number of hydrogen-bond acceptors (Lipinski definition) is 3. The van der Waals surface area contributed by atoms with Gasteiger partial charge in [-0.15, -0.1) is 0 Å². The monoisotopic (exact) mass is 428 g/mol. The Kier molecular flexibility index (Phi) is 5.67. The van der Waals surface area contributed by atoms with Gasteiger partial charge in [-0.1, -0.05) is 0 Å². The quantitative estimate of drug-likeness (QED) is 0.663. The normalized spacial score (nSPS) is 16.5. The number of benzene rings is 2. The van der Waals surface area contributed by atoms with Gasteiger partial charge in [-0.25, -0.2) is 0 Å². The van der Waals surface area contributed by atoms with Crippen LogP contribution in [-0.2, 0) is 4.79 Å². The zero-order chi connectivity index (χ0) is 21.9. The minimum Gasteiger partial charge on any atom is -0.370 e. The van der Waals surface area contributed by atoms with Crippen LogP contribution in [-0.4, -0.2) is 47.5 Å². The van der Waals surface area contributed by atoms with Gasteiger partial charge in [0.2, 0.25) is 5.91 Å². The van der Waals surface area contributed by atoms with Gasteiger partial charge >= 0.3 is 0 Å². The summed E-state index contributed by atoms with van der Waals surface area (Å²) >= 11 is 0. The third-order valence-corrected chi connectivity index (χ3v) is 6.26. The van der Waals surface area contributed by atoms with Crippen LogP contribution >= 0.6 is 0 Å². The van der Waals surface area contributed by atoms with Crippen LogP contribution in [0.4, 0.5) is 11.4 Å². The van der Waals surface area contributed by atoms with Gasteiger partial charge in [0.1, 0.15) is 0 Å². The molecule has 6 heteroatoms. The first kappa shape index (κ1) is 20.4. The lowest BCUT2D eigenvalue weighted by atomic mass is 10.2. The highest BCUT2D eigenvalue weighted by molar-refractivity contribution is 6.04. The Bertz CT molecular complexity index is 1070. The van der Waals surface area contributed by atoms with Gasteiger partial charge in [0.15, 0.2) is 0 Å². The van der Waals surface area contributed by atoms with E-state index >= 15 is 0 Å². The molecule has 164 valence electrons. The van der Waals surface area contributed by atoms with Crippen LogP contribution < -0.4 is 10.2 Å². The standard InChI is InChI=1S/C26H28N4O2/c31-25(20-6-10-23(11-7-20)28-14-1-2-15-28)27-22-8-12-24(13-9-22)29-16-3-17-30(19-18-29)26(32)21-4-5-21/h1-2,6-15,21H,3-5,16-19H2,(H,27,31). The second-order valence-corrected chi connectivity index (χ2v) is 8.58. The molecule has 0 bridgehead atoms. The van der Waals surface area contributed by atoms with E-state index in [9.17, 15) is 9.59 Å². The average molecular weight is 429 g/mol. The van der Waals surface area contributed by atoms with Gasteiger partial charge in [0.25, 0.3) is 5.91 Å². The van der Waals surface area contributed by atoms with E-state index in [1.807, 2.05) is 82.5 Å². The summed E-state index contributed by atoms with van der Waals surface area (Å²) in [5.74, 6) is 0.502. The molecule has 1 aliphatic carbocycles. The van der Waals surface area contributed by atoms with Crippen LogP contribution in [0.25, 0.3) is 5.69 Å². The highest BCUT2D eigenvalue weighted by atomic mass is 16.2. The van der Waals surface area contributed by atoms with E-state index in [1.165, 1.54) is 0 Å². The number of aromatic nitrogens is 1. The minimum absolute atomic E-state index is 0.124. The van der Waals surface area contributed by atoms with Crippen molar-refractivity contribution in [3.63, 3.8) is 0 Å². The lowest BCUT2D eigenvalue weighted by Crippen LogP contribution is -2.36. The lowest BCUT2D eigenvalue weighted by Gasteiger charge is -2.24. The Hall–Kier alpha value is -3.54. The lowest BCUT2D eigenvalue weighted by molar-refractivity contribution is -0.132. The zero-order valence-corrected chi connectivity index (χ0v) is 18.1. The molecule has 32 heavy (non-hydrogen) atoms. The van der Waals surface area contributed by atoms with E-state index in [1.54, 1.807) is 0 Å². The van der Waals surface area contributed by atoms with Crippen LogP contribution in [0.3, 0.4) is 0 Å². The maximum Gasteiger partial charge on any atom is 0.255 e. The second-order valence-electron chi connectivity index (χ2n) is 8.58. The van der Waals surface area contributed by atoms with E-state index in [-0.39, 0.29) is 11.8 Å². The van der Waals surface area contributed by atoms with Crippen molar-refractivity contribution >= 4 is 23.2 Å². The average Bonchev–Trinajstić information content (AvgIpc) is 3.59. The molecule has 0 radical (unpaired) electrons. The summed E-state index contributed by atoms with van der Waals surface area (Å²) in [5, 5.41) is 2.98. The van der Waals surface area contributed by atoms with E-state index < -0.39 is 0 Å². The molecule has 2 aromatic carbocycles. The molecular formula is C26H28N4O2. The first-order chi connectivity index (χ1) is 15.7. The third-order valence-electron chi connectivity index (χ3n) is 6.26. The fourth-order valence-corrected chi connectivity index (χ4v) is 4.23. The van der Waals surface area contributed by atoms with Crippen LogP contribution in [0.5, 0.6) is 0 Å². The molecule has 2 aliphatic rings. The van der Waals surface area contributed by atoms with Crippen molar-refractivity contribution < 1.29 is 9.59 Å². The van der Waals surface area contributed by atoms with Crippen molar-refractivity contribution in [3.8, 4) is 5.69 Å². The Balaban J connectivity index is 1.18. The van der Waals surface area contributed by atoms with Crippen molar-refractivity contribution in [1.82, 2.24) is 9.47 Å². The molecule has 5 rings (SSSR count). The minimum atomic E-state index is -0.124. The van der Waals surface area contributed by atoms with E-state index in [0.717, 1.165) is 62.5 Å². The molecule has 0 unspecified atom stereocenters. The summed E-state index contributed by atoms with van der Waals surface area (Å²) < 4.78 is 2.00. The van der Waals surface area contributed by atoms with Crippen LogP contribution in [0, 0.1) is 5.92 Å². The Morgan fingerprint density at radius 1 is 0.781 bits per heavy atom. The number of amides is 2. The van der Waals surface area contributed by atoms with Crippen LogP contribution in [0.1, 0.15) is 29.6 Å². The summed E-state index contributed by atoms with van der Waals surface area (Å²) in [7, 11) is 0. The SMILES string of the molecule is O=C(Nc1ccc(N2CCCN(C(=O)C3CC3)CC2)cc1)c1ccc(-n2cccc2)cc1. The van der Waals surface area contributed by atoms with Crippen molar-refractivity contribution in [3.05, 3.63) is 78.6 Å². The molecule has 1 N–H and O–H groups in total. The van der Waals surface area contributed by atoms with Gasteiger partial charge in [-0.3, -0.25) is 9.59 Å². The number of carbonyl (C=O) groups is 2. The molecule has 1 aliphatic heterocycles. The first-order valence-corrected chi connectivity index (χ1v) is 11.4.